The number of hydrogen-bond acceptors (Lipinski definition) is 7. The maximum Gasteiger partial charge on any atom is 0.555 e. The summed E-state index contributed by atoms with van der Waals surface area (Å²) in [7, 11) is -1.07. The Balaban J connectivity index is 1.61. The molecule has 1 aromatic carbocycles. The number of nitrogens with one attached hydrogen (secondary N) is 1. The number of ether oxygens (including phenoxy) is 1. The summed E-state index contributed by atoms with van der Waals surface area (Å²) in [6.45, 7) is 1.21. The number of nitrogens with zero attached hydrogens (tertiary/aromatic N) is 2. The van der Waals surface area contributed by atoms with Crippen molar-refractivity contribution in [2.24, 2.45) is 5.73 Å². The summed E-state index contributed by atoms with van der Waals surface area (Å²) in [5.41, 5.74) is 7.89. The van der Waals surface area contributed by atoms with Crippen molar-refractivity contribution in [2.75, 3.05) is 25.1 Å². The van der Waals surface area contributed by atoms with Gasteiger partial charge in [-0.15, -0.1) is 0 Å². The fraction of sp³-hybridized carbons (Fsp3) is 0.368. The highest BCUT2D eigenvalue weighted by atomic mass is 16.5. The van der Waals surface area contributed by atoms with Gasteiger partial charge in [-0.1, -0.05) is 6.08 Å². The van der Waals surface area contributed by atoms with Crippen LogP contribution in [-0.4, -0.2) is 52.8 Å². The average molecular weight is 398 g/mol. The van der Waals surface area contributed by atoms with Crippen LogP contribution in [-0.2, 0) is 4.74 Å². The van der Waals surface area contributed by atoms with Crippen LogP contribution in [0, 0.1) is 0 Å². The monoisotopic (exact) mass is 398 g/mol. The highest BCUT2D eigenvalue weighted by Crippen LogP contribution is 2.32. The molecule has 5 N–H and O–H groups in total. The van der Waals surface area contributed by atoms with Crippen molar-refractivity contribution in [1.29, 1.82) is 0 Å². The zero-order chi connectivity index (χ0) is 20.4. The summed E-state index contributed by atoms with van der Waals surface area (Å²) in [6, 6.07) is 5.39. The summed E-state index contributed by atoms with van der Waals surface area (Å²) in [5.74, 6) is 0.342. The lowest BCUT2D eigenvalue weighted by Gasteiger charge is -2.22. The lowest BCUT2D eigenvalue weighted by molar-refractivity contribution is 0.0550. The van der Waals surface area contributed by atoms with Crippen molar-refractivity contribution < 1.29 is 24.3 Å². The van der Waals surface area contributed by atoms with Crippen molar-refractivity contribution in [3.63, 3.8) is 0 Å². The molecule has 2 aromatic rings. The maximum atomic E-state index is 11.9. The number of benzene rings is 1. The second-order valence-corrected chi connectivity index (χ2v) is 7.15. The molecule has 1 atom stereocenters. The minimum atomic E-state index is -1.07. The number of nitrogens with two attached hydrogens (primary N) is 1. The van der Waals surface area contributed by atoms with Crippen LogP contribution in [0.5, 0.6) is 5.75 Å². The molecule has 1 saturated heterocycles. The topological polar surface area (TPSA) is 132 Å². The molecule has 29 heavy (non-hydrogen) atoms. The predicted molar refractivity (Wildman–Crippen MR) is 108 cm³/mol. The molecule has 1 fully saturated rings. The van der Waals surface area contributed by atoms with Crippen LogP contribution < -0.4 is 15.7 Å². The van der Waals surface area contributed by atoms with Gasteiger partial charge in [0.05, 0.1) is 12.6 Å². The number of aliphatic hydroxyl groups is 1. The van der Waals surface area contributed by atoms with Gasteiger partial charge in [-0.25, -0.2) is 0 Å². The van der Waals surface area contributed by atoms with E-state index in [1.54, 1.807) is 29.1 Å². The van der Waals surface area contributed by atoms with Gasteiger partial charge in [-0.3, -0.25) is 9.48 Å². The first-order chi connectivity index (χ1) is 14.0. The van der Waals surface area contributed by atoms with Gasteiger partial charge < -0.3 is 30.6 Å². The molecular formula is C19H23BN4O5. The molecule has 0 radical (unpaired) electrons. The number of hydrogen-bond donors (Lipinski definition) is 4. The quantitative estimate of drug-likeness (QED) is 0.539. The fourth-order valence-corrected chi connectivity index (χ4v) is 3.56. The van der Waals surface area contributed by atoms with Crippen LogP contribution in [0.25, 0.3) is 6.08 Å². The Labute approximate surface area is 168 Å². The van der Waals surface area contributed by atoms with Gasteiger partial charge in [0.1, 0.15) is 11.3 Å². The van der Waals surface area contributed by atoms with E-state index in [0.29, 0.717) is 41.3 Å². The molecule has 0 saturated carbocycles. The lowest BCUT2D eigenvalue weighted by Crippen LogP contribution is -2.28. The first-order valence-electron chi connectivity index (χ1n) is 9.59. The molecule has 9 nitrogen and oxygen atoms in total. The van der Waals surface area contributed by atoms with Crippen molar-refractivity contribution in [1.82, 2.24) is 9.78 Å². The highest BCUT2D eigenvalue weighted by molar-refractivity contribution is 6.54. The van der Waals surface area contributed by atoms with Gasteiger partial charge in [0.2, 0.25) is 0 Å². The number of carbonyl (C=O) groups is 1. The Bertz CT molecular complexity index is 939. The number of anilines is 2. The molecule has 0 spiro atoms. The molecule has 1 amide bonds. The minimum absolute atomic E-state index is 0.0693. The molecule has 0 aliphatic carbocycles. The van der Waals surface area contributed by atoms with E-state index in [1.165, 1.54) is 0 Å². The lowest BCUT2D eigenvalue weighted by atomic mass is 9.74. The summed E-state index contributed by atoms with van der Waals surface area (Å²) < 4.78 is 12.7. The summed E-state index contributed by atoms with van der Waals surface area (Å²) in [6.07, 6.45) is 5.63. The number of aliphatic hydroxyl groups excluding tert-OH is 1. The minimum Gasteiger partial charge on any atom is -0.532 e. The van der Waals surface area contributed by atoms with E-state index >= 15 is 0 Å². The Morgan fingerprint density at radius 3 is 3.03 bits per heavy atom. The van der Waals surface area contributed by atoms with E-state index in [1.807, 2.05) is 6.07 Å². The standard InChI is InChI=1S/C19H23BN4O5/c21-18(26)16-10-24(15-2-1-7-28-11-15)23-19(16)22-14-3-4-17-12(9-14)8-13(5-6-25)20(27)29-17/h3-4,8-10,15,25,27H,1-2,5-7,11H2,(H2,21,26)(H,22,23)/t15-/m1/s1. The molecule has 152 valence electrons. The Morgan fingerprint density at radius 1 is 1.45 bits per heavy atom. The number of carbonyl (C=O) groups excluding carboxylic acids is 1. The number of amides is 1. The Kier molecular flexibility index (Phi) is 5.57. The van der Waals surface area contributed by atoms with Gasteiger partial charge in [0, 0.05) is 30.7 Å². The summed E-state index contributed by atoms with van der Waals surface area (Å²) in [4.78, 5) is 11.9. The van der Waals surface area contributed by atoms with Crippen molar-refractivity contribution >= 4 is 30.6 Å². The van der Waals surface area contributed by atoms with Crippen molar-refractivity contribution in [3.8, 4) is 5.75 Å². The van der Waals surface area contributed by atoms with Crippen molar-refractivity contribution in [3.05, 3.63) is 41.0 Å². The van der Waals surface area contributed by atoms with E-state index < -0.39 is 13.0 Å². The van der Waals surface area contributed by atoms with Crippen LogP contribution in [0.15, 0.2) is 29.9 Å². The Morgan fingerprint density at radius 2 is 2.31 bits per heavy atom. The molecule has 10 heteroatoms. The average Bonchev–Trinajstić information content (AvgIpc) is 3.14. The fourth-order valence-electron chi connectivity index (χ4n) is 3.56. The van der Waals surface area contributed by atoms with Gasteiger partial charge >= 0.3 is 7.12 Å². The molecule has 4 rings (SSSR count). The van der Waals surface area contributed by atoms with Crippen LogP contribution in [0.4, 0.5) is 11.5 Å². The summed E-state index contributed by atoms with van der Waals surface area (Å²) >= 11 is 0. The molecular weight excluding hydrogens is 375 g/mol. The first-order valence-corrected chi connectivity index (χ1v) is 9.59. The van der Waals surface area contributed by atoms with Gasteiger partial charge in [-0.05, 0) is 42.9 Å². The van der Waals surface area contributed by atoms with Crippen molar-refractivity contribution in [2.45, 2.75) is 25.3 Å². The van der Waals surface area contributed by atoms with E-state index in [-0.39, 0.29) is 12.6 Å². The third-order valence-electron chi connectivity index (χ3n) is 5.08. The number of fused-ring (bicyclic) bond motifs is 1. The maximum absolute atomic E-state index is 11.9. The van der Waals surface area contributed by atoms with Gasteiger partial charge in [0.25, 0.3) is 5.91 Å². The van der Waals surface area contributed by atoms with Gasteiger partial charge in [0.15, 0.2) is 5.82 Å². The third-order valence-corrected chi connectivity index (χ3v) is 5.08. The molecule has 2 aliphatic rings. The van der Waals surface area contributed by atoms with Crippen LogP contribution in [0.3, 0.4) is 0 Å². The molecule has 1 aromatic heterocycles. The zero-order valence-electron chi connectivity index (χ0n) is 15.9. The second kappa shape index (κ2) is 8.28. The van der Waals surface area contributed by atoms with Gasteiger partial charge in [-0.2, -0.15) is 5.10 Å². The van der Waals surface area contributed by atoms with E-state index in [9.17, 15) is 9.82 Å². The highest BCUT2D eigenvalue weighted by Gasteiger charge is 2.27. The predicted octanol–water partition coefficient (Wildman–Crippen LogP) is 1.25. The Hall–Kier alpha value is -2.82. The number of primary amides is 1. The normalized spacial score (nSPS) is 18.6. The van der Waals surface area contributed by atoms with E-state index in [4.69, 9.17) is 20.2 Å². The van der Waals surface area contributed by atoms with Crippen LogP contribution in [0.2, 0.25) is 0 Å². The number of rotatable bonds is 6. The third kappa shape index (κ3) is 4.14. The van der Waals surface area contributed by atoms with Crippen LogP contribution >= 0.6 is 0 Å². The largest absolute Gasteiger partial charge is 0.555 e. The SMILES string of the molecule is NC(=O)c1cn([C@@H]2CCCOC2)nc1Nc1ccc2c(c1)C=C(CCO)B(O)O2. The van der Waals surface area contributed by atoms with Crippen LogP contribution in [0.1, 0.15) is 41.2 Å². The smallest absolute Gasteiger partial charge is 0.532 e. The first kappa shape index (κ1) is 19.5. The molecule has 3 heterocycles. The molecule has 0 unspecified atom stereocenters. The molecule has 0 bridgehead atoms. The number of aromatic nitrogens is 2. The summed E-state index contributed by atoms with van der Waals surface area (Å²) in [5, 5.41) is 26.8. The van der Waals surface area contributed by atoms with E-state index in [2.05, 4.69) is 10.4 Å². The zero-order valence-corrected chi connectivity index (χ0v) is 15.9. The molecule has 2 aliphatic heterocycles. The second-order valence-electron chi connectivity index (χ2n) is 7.15. The van der Waals surface area contributed by atoms with E-state index in [0.717, 1.165) is 25.0 Å².